The van der Waals surface area contributed by atoms with E-state index in [1.807, 2.05) is 0 Å². The summed E-state index contributed by atoms with van der Waals surface area (Å²) >= 11 is 0. The second-order valence-corrected chi connectivity index (χ2v) is 33.8. The molecule has 0 aromatic carbocycles. The number of carbonyl (C=O) groups is 4. The highest BCUT2D eigenvalue weighted by Crippen LogP contribution is 2.45. The van der Waals surface area contributed by atoms with Crippen LogP contribution in [0.25, 0.3) is 0 Å². The summed E-state index contributed by atoms with van der Waals surface area (Å²) in [6.45, 7) is 9.69. The van der Waals surface area contributed by atoms with Crippen LogP contribution in [0.2, 0.25) is 0 Å². The van der Waals surface area contributed by atoms with Crippen LogP contribution in [0.4, 0.5) is 0 Å². The van der Waals surface area contributed by atoms with Crippen molar-refractivity contribution in [2.45, 2.75) is 464 Å². The van der Waals surface area contributed by atoms with Crippen LogP contribution in [-0.2, 0) is 65.4 Å². The minimum absolute atomic E-state index is 0.107. The molecule has 19 heteroatoms. The van der Waals surface area contributed by atoms with Gasteiger partial charge in [-0.3, -0.25) is 37.3 Å². The predicted molar refractivity (Wildman–Crippen MR) is 423 cm³/mol. The quantitative estimate of drug-likeness (QED) is 0.0222. The van der Waals surface area contributed by atoms with Crippen LogP contribution in [0.1, 0.15) is 446 Å². The lowest BCUT2D eigenvalue weighted by Gasteiger charge is -2.21. The fourth-order valence-electron chi connectivity index (χ4n) is 13.0. The molecule has 103 heavy (non-hydrogen) atoms. The molecule has 0 fully saturated rings. The van der Waals surface area contributed by atoms with Gasteiger partial charge in [-0.25, -0.2) is 9.13 Å². The van der Waals surface area contributed by atoms with Gasteiger partial charge in [-0.2, -0.15) is 0 Å². The second-order valence-electron chi connectivity index (χ2n) is 30.9. The number of rotatable bonds is 83. The van der Waals surface area contributed by atoms with Crippen molar-refractivity contribution in [3.63, 3.8) is 0 Å². The number of phosphoric acid groups is 2. The second kappa shape index (κ2) is 75.5. The highest BCUT2D eigenvalue weighted by atomic mass is 31.2. The van der Waals surface area contributed by atoms with Gasteiger partial charge in [0.2, 0.25) is 0 Å². The molecule has 0 aliphatic heterocycles. The van der Waals surface area contributed by atoms with Crippen LogP contribution in [0, 0.1) is 11.8 Å². The zero-order valence-corrected chi connectivity index (χ0v) is 69.4. The van der Waals surface area contributed by atoms with Gasteiger partial charge in [-0.05, 0) is 37.5 Å². The lowest BCUT2D eigenvalue weighted by Crippen LogP contribution is -2.30. The van der Waals surface area contributed by atoms with E-state index in [1.54, 1.807) is 0 Å². The van der Waals surface area contributed by atoms with Crippen molar-refractivity contribution in [3.05, 3.63) is 0 Å². The van der Waals surface area contributed by atoms with E-state index >= 15 is 0 Å². The van der Waals surface area contributed by atoms with Gasteiger partial charge in [-0.1, -0.05) is 395 Å². The third-order valence-electron chi connectivity index (χ3n) is 20.1. The molecule has 0 bridgehead atoms. The summed E-state index contributed by atoms with van der Waals surface area (Å²) in [7, 11) is -9.92. The highest BCUT2D eigenvalue weighted by Gasteiger charge is 2.30. The van der Waals surface area contributed by atoms with E-state index in [9.17, 15) is 43.2 Å². The number of aliphatic hydroxyl groups excluding tert-OH is 1. The fraction of sp³-hybridized carbons (Fsp3) is 0.952. The van der Waals surface area contributed by atoms with E-state index in [0.29, 0.717) is 25.7 Å². The zero-order chi connectivity index (χ0) is 75.6. The first kappa shape index (κ1) is 101. The van der Waals surface area contributed by atoms with Crippen molar-refractivity contribution in [2.24, 2.45) is 11.8 Å². The molecule has 0 aliphatic carbocycles. The van der Waals surface area contributed by atoms with E-state index in [0.717, 1.165) is 108 Å². The lowest BCUT2D eigenvalue weighted by atomic mass is 9.99. The molecule has 0 radical (unpaired) electrons. The molecule has 6 atom stereocenters. The summed E-state index contributed by atoms with van der Waals surface area (Å²) in [6, 6.07) is 0. The molecule has 0 aromatic rings. The van der Waals surface area contributed by atoms with Crippen molar-refractivity contribution in [1.82, 2.24) is 0 Å². The summed E-state index contributed by atoms with van der Waals surface area (Å²) in [6.07, 6.45) is 66.8. The molecule has 3 N–H and O–H groups in total. The molecular formula is C84H164O17P2. The summed E-state index contributed by atoms with van der Waals surface area (Å²) in [4.78, 5) is 73.0. The Bertz CT molecular complexity index is 1980. The molecule has 0 saturated heterocycles. The molecule has 17 nitrogen and oxygen atoms in total. The Balaban J connectivity index is 5.18. The maximum absolute atomic E-state index is 13.1. The number of unbranched alkanes of at least 4 members (excludes halogenated alkanes) is 52. The van der Waals surface area contributed by atoms with E-state index in [4.69, 9.17) is 37.0 Å². The van der Waals surface area contributed by atoms with Crippen LogP contribution in [0.5, 0.6) is 0 Å². The van der Waals surface area contributed by atoms with Gasteiger partial charge in [-0.15, -0.1) is 0 Å². The highest BCUT2D eigenvalue weighted by molar-refractivity contribution is 7.47. The van der Waals surface area contributed by atoms with E-state index in [-0.39, 0.29) is 25.7 Å². The van der Waals surface area contributed by atoms with Crippen LogP contribution in [0.3, 0.4) is 0 Å². The van der Waals surface area contributed by atoms with Gasteiger partial charge in [0.15, 0.2) is 12.2 Å². The number of esters is 4. The monoisotopic (exact) mass is 1510 g/mol. The first-order valence-electron chi connectivity index (χ1n) is 43.5. The number of phosphoric ester groups is 2. The van der Waals surface area contributed by atoms with Gasteiger partial charge in [0, 0.05) is 25.7 Å². The van der Waals surface area contributed by atoms with Crippen molar-refractivity contribution < 1.29 is 80.2 Å². The normalized spacial score (nSPS) is 14.1. The Labute approximate surface area is 632 Å². The molecule has 3 unspecified atom stereocenters. The summed E-state index contributed by atoms with van der Waals surface area (Å²) in [5.41, 5.74) is 0. The van der Waals surface area contributed by atoms with Gasteiger partial charge in [0.25, 0.3) is 0 Å². The Kier molecular flexibility index (Phi) is 74.1. The molecular weight excluding hydrogens is 1340 g/mol. The molecule has 0 aromatic heterocycles. The average Bonchev–Trinajstić information content (AvgIpc) is 1.01. The van der Waals surface area contributed by atoms with Gasteiger partial charge >= 0.3 is 39.5 Å². The van der Waals surface area contributed by atoms with Gasteiger partial charge in [0.1, 0.15) is 19.3 Å². The van der Waals surface area contributed by atoms with Gasteiger partial charge < -0.3 is 33.8 Å². The van der Waals surface area contributed by atoms with Crippen molar-refractivity contribution in [1.29, 1.82) is 0 Å². The predicted octanol–water partition coefficient (Wildman–Crippen LogP) is 25.5. The van der Waals surface area contributed by atoms with Crippen molar-refractivity contribution in [3.8, 4) is 0 Å². The van der Waals surface area contributed by atoms with Crippen LogP contribution in [-0.4, -0.2) is 96.7 Å². The first-order valence-corrected chi connectivity index (χ1v) is 46.5. The first-order chi connectivity index (χ1) is 49.9. The van der Waals surface area contributed by atoms with Crippen molar-refractivity contribution >= 4 is 39.5 Å². The minimum Gasteiger partial charge on any atom is -0.462 e. The van der Waals surface area contributed by atoms with E-state index < -0.39 is 97.5 Å². The standard InChI is InChI=1S/C84H164O17P2/c1-7-10-12-14-16-18-19-20-21-22-23-27-30-33-38-43-49-55-61-67-82(87)95-73-80(101-83(88)68-62-56-50-44-39-34-31-28-25-24-26-29-32-37-42-47-53-59-65-77(6)9-3)75-99-103(92,93)97-71-78(85)70-96-102(90,91)98-74-79(72-94-81(86)66-60-54-48-17-15-13-11-8-2)100-84(89)69-63-57-51-45-40-35-36-41-46-52-58-64-76(4)5/h76-80,85H,7-75H2,1-6H3,(H,90,91)(H,92,93)/t77?,78-,79+,80+/m0/s1. The number of ether oxygens (including phenoxy) is 4. The van der Waals surface area contributed by atoms with Gasteiger partial charge in [0.05, 0.1) is 26.4 Å². The number of hydrogen-bond acceptors (Lipinski definition) is 15. The third-order valence-corrected chi connectivity index (χ3v) is 22.0. The van der Waals surface area contributed by atoms with Crippen molar-refractivity contribution in [2.75, 3.05) is 39.6 Å². The third kappa shape index (κ3) is 76.6. The Hall–Kier alpha value is -1.94. The number of carbonyl (C=O) groups excluding carboxylic acids is 4. The van der Waals surface area contributed by atoms with Crippen LogP contribution < -0.4 is 0 Å². The average molecular weight is 1510 g/mol. The summed E-state index contributed by atoms with van der Waals surface area (Å²) in [5, 5.41) is 10.6. The number of aliphatic hydroxyl groups is 1. The van der Waals surface area contributed by atoms with Crippen LogP contribution in [0.15, 0.2) is 0 Å². The topological polar surface area (TPSA) is 237 Å². The maximum atomic E-state index is 13.1. The molecule has 0 aliphatic rings. The molecule has 0 rings (SSSR count). The minimum atomic E-state index is -4.96. The summed E-state index contributed by atoms with van der Waals surface area (Å²) in [5.74, 6) is -0.472. The Morgan fingerprint density at radius 3 is 0.738 bits per heavy atom. The Morgan fingerprint density at radius 2 is 0.495 bits per heavy atom. The fourth-order valence-corrected chi connectivity index (χ4v) is 14.6. The molecule has 0 spiro atoms. The smallest absolute Gasteiger partial charge is 0.462 e. The molecule has 612 valence electrons. The van der Waals surface area contributed by atoms with Crippen LogP contribution >= 0.6 is 15.6 Å². The maximum Gasteiger partial charge on any atom is 0.472 e. The summed E-state index contributed by atoms with van der Waals surface area (Å²) < 4.78 is 68.7. The largest absolute Gasteiger partial charge is 0.472 e. The molecule has 0 amide bonds. The van der Waals surface area contributed by atoms with E-state index in [1.165, 1.54) is 257 Å². The SMILES string of the molecule is CCCCCCCCCCCCCCCCCCCCCC(=O)OC[C@H](COP(=O)(O)OC[C@@H](O)COP(=O)(O)OC[C@@H](COC(=O)CCCCCCCCCC)OC(=O)CCCCCCCCCCCCCC(C)C)OC(=O)CCCCCCCCCCCCCCCCCCCCC(C)CC. The molecule has 0 saturated carbocycles. The van der Waals surface area contributed by atoms with E-state index in [2.05, 4.69) is 41.5 Å². The Morgan fingerprint density at radius 1 is 0.282 bits per heavy atom. The zero-order valence-electron chi connectivity index (χ0n) is 67.6. The molecule has 0 heterocycles. The lowest BCUT2D eigenvalue weighted by molar-refractivity contribution is -0.161. The number of hydrogen-bond donors (Lipinski definition) is 3.